The average Bonchev–Trinajstić information content (AvgIpc) is 3.95. The van der Waals surface area contributed by atoms with Crippen LogP contribution < -0.4 is 20.7 Å². The van der Waals surface area contributed by atoms with E-state index in [1.54, 1.807) is 85.8 Å². The first-order chi connectivity index (χ1) is 35.9. The van der Waals surface area contributed by atoms with Crippen LogP contribution in [0.3, 0.4) is 0 Å². The Kier molecular flexibility index (Phi) is 20.9. The van der Waals surface area contributed by atoms with Gasteiger partial charge in [0.2, 0.25) is 12.3 Å². The van der Waals surface area contributed by atoms with Gasteiger partial charge in [0.15, 0.2) is 12.4 Å². The highest BCUT2D eigenvalue weighted by Crippen LogP contribution is 2.39. The molecule has 1 aliphatic carbocycles. The van der Waals surface area contributed by atoms with E-state index in [9.17, 15) is 38.4 Å². The minimum atomic E-state index is -1.51. The van der Waals surface area contributed by atoms with Gasteiger partial charge in [-0.3, -0.25) is 24.0 Å². The summed E-state index contributed by atoms with van der Waals surface area (Å²) >= 11 is 0. The van der Waals surface area contributed by atoms with E-state index in [-0.39, 0.29) is 61.2 Å². The molecule has 0 radical (unpaired) electrons. The van der Waals surface area contributed by atoms with Crippen LogP contribution in [0.15, 0.2) is 126 Å². The molecule has 74 heavy (non-hydrogen) atoms. The van der Waals surface area contributed by atoms with Crippen molar-refractivity contribution in [1.82, 2.24) is 21.0 Å². The Balaban J connectivity index is 1.16. The number of amides is 4. The summed E-state index contributed by atoms with van der Waals surface area (Å²) in [5, 5.41) is 8.85. The van der Waals surface area contributed by atoms with Crippen molar-refractivity contribution in [1.29, 1.82) is 0 Å². The molecule has 6 rings (SSSR count). The topological polar surface area (TPSA) is 235 Å². The van der Waals surface area contributed by atoms with E-state index in [1.807, 2.05) is 26.0 Å². The Bertz CT molecular complexity index is 2680. The van der Waals surface area contributed by atoms with Gasteiger partial charge < -0.3 is 44.2 Å². The number of hydroxylamine groups is 2. The Morgan fingerprint density at radius 3 is 1.92 bits per heavy atom. The third kappa shape index (κ3) is 16.6. The van der Waals surface area contributed by atoms with Crippen molar-refractivity contribution in [3.63, 3.8) is 0 Å². The number of carbonyl (C=O) groups is 8. The first kappa shape index (κ1) is 55.0. The molecular formula is C56H62N4O14. The van der Waals surface area contributed by atoms with E-state index in [0.717, 1.165) is 23.5 Å². The van der Waals surface area contributed by atoms with Crippen molar-refractivity contribution in [2.45, 2.75) is 97.6 Å². The molecule has 0 saturated heterocycles. The van der Waals surface area contributed by atoms with Crippen molar-refractivity contribution in [3.05, 3.63) is 149 Å². The number of ether oxygens (including phenoxy) is 4. The number of hydrogen-bond donors (Lipinski definition) is 3. The predicted molar refractivity (Wildman–Crippen MR) is 268 cm³/mol. The lowest BCUT2D eigenvalue weighted by molar-refractivity contribution is -0.205. The molecule has 4 aromatic carbocycles. The SMILES string of the molecule is CCCCC[C@@H](C(=O)NCNC(=O)c1ccc(-c2ccc(C(=O)N[C@@H](CC(=O)OCc3ccccc3)C(=O)OCc3ccccc3)c(OCC(=O)OCc3ccccc3)c2)o1)[C@@H](CC)N(C=O)OC(=O)C1CC1C. The van der Waals surface area contributed by atoms with E-state index < -0.39 is 72.6 Å². The second-order valence-corrected chi connectivity index (χ2v) is 17.8. The minimum Gasteiger partial charge on any atom is -0.481 e. The van der Waals surface area contributed by atoms with Gasteiger partial charge in [0, 0.05) is 5.56 Å². The standard InChI is InChI=1S/C56H62N4O14/c1-4-6-10-23-42(46(5-2)60(36-61)74-55(67)44-28-37(44)3)52(64)57-35-58-54(66)48-27-26-47(73-48)41-24-25-43(49(29-41)69-34-51(63)71-32-39-19-13-8-14-20-39)53(65)59-45(56(68)72-33-40-21-15-9-16-22-40)30-50(62)70-31-38-17-11-7-12-18-38/h7-9,11-22,24-27,29,36-37,42,44-46H,4-6,10,23,28,30-35H2,1-3H3,(H,57,64)(H,58,66)(H,59,65)/t37?,42-,44?,45+,46-/m1/s1. The quantitative estimate of drug-likeness (QED) is 0.0106. The largest absolute Gasteiger partial charge is 0.481 e. The zero-order chi connectivity index (χ0) is 52.8. The predicted octanol–water partition coefficient (Wildman–Crippen LogP) is 7.40. The van der Waals surface area contributed by atoms with Crippen molar-refractivity contribution in [2.24, 2.45) is 17.8 Å². The molecule has 18 heteroatoms. The van der Waals surface area contributed by atoms with Gasteiger partial charge in [-0.2, -0.15) is 5.06 Å². The summed E-state index contributed by atoms with van der Waals surface area (Å²) in [6.45, 7) is 4.53. The van der Waals surface area contributed by atoms with Crippen molar-refractivity contribution in [3.8, 4) is 17.1 Å². The molecular weight excluding hydrogens is 953 g/mol. The lowest BCUT2D eigenvalue weighted by Gasteiger charge is -2.31. The molecule has 0 aliphatic heterocycles. The van der Waals surface area contributed by atoms with Crippen molar-refractivity contribution >= 4 is 48.0 Å². The van der Waals surface area contributed by atoms with Gasteiger partial charge in [-0.25, -0.2) is 14.4 Å². The number of nitrogens with one attached hydrogen (secondary N) is 3. The highest BCUT2D eigenvalue weighted by molar-refractivity contribution is 6.00. The highest BCUT2D eigenvalue weighted by atomic mass is 16.7. The van der Waals surface area contributed by atoms with Crippen LogP contribution in [0.2, 0.25) is 0 Å². The zero-order valence-electron chi connectivity index (χ0n) is 41.7. The molecule has 1 aliphatic rings. The Hall–Kier alpha value is -8.28. The van der Waals surface area contributed by atoms with Crippen LogP contribution >= 0.6 is 0 Å². The fourth-order valence-electron chi connectivity index (χ4n) is 7.91. The van der Waals surface area contributed by atoms with Crippen LogP contribution in [0.1, 0.15) is 103 Å². The van der Waals surface area contributed by atoms with Gasteiger partial charge in [0.25, 0.3) is 11.8 Å². The van der Waals surface area contributed by atoms with Gasteiger partial charge in [0.1, 0.15) is 37.4 Å². The molecule has 1 aromatic heterocycles. The highest BCUT2D eigenvalue weighted by Gasteiger charge is 2.43. The van der Waals surface area contributed by atoms with Crippen LogP contribution in [0.5, 0.6) is 5.75 Å². The number of unbranched alkanes of at least 4 members (excludes halogenated alkanes) is 2. The third-order valence-electron chi connectivity index (χ3n) is 12.2. The van der Waals surface area contributed by atoms with Gasteiger partial charge in [-0.05, 0) is 66.1 Å². The van der Waals surface area contributed by atoms with Crippen LogP contribution in [-0.4, -0.2) is 78.4 Å². The Labute approximate surface area is 429 Å². The number of benzene rings is 4. The molecule has 1 saturated carbocycles. The van der Waals surface area contributed by atoms with Crippen LogP contribution in [0, 0.1) is 17.8 Å². The van der Waals surface area contributed by atoms with Gasteiger partial charge >= 0.3 is 23.9 Å². The lowest BCUT2D eigenvalue weighted by atomic mass is 9.90. The van der Waals surface area contributed by atoms with E-state index in [1.165, 1.54) is 30.3 Å². The van der Waals surface area contributed by atoms with E-state index in [0.29, 0.717) is 48.8 Å². The van der Waals surface area contributed by atoms with E-state index in [2.05, 4.69) is 16.0 Å². The lowest BCUT2D eigenvalue weighted by Crippen LogP contribution is -2.49. The maximum Gasteiger partial charge on any atom is 0.344 e. The summed E-state index contributed by atoms with van der Waals surface area (Å²) in [4.78, 5) is 111. The molecule has 18 nitrogen and oxygen atoms in total. The summed E-state index contributed by atoms with van der Waals surface area (Å²) < 4.78 is 28.2. The van der Waals surface area contributed by atoms with Crippen molar-refractivity contribution < 1.29 is 66.6 Å². The summed E-state index contributed by atoms with van der Waals surface area (Å²) in [7, 11) is 0. The van der Waals surface area contributed by atoms with Gasteiger partial charge in [-0.1, -0.05) is 137 Å². The third-order valence-corrected chi connectivity index (χ3v) is 12.2. The maximum atomic E-state index is 14.1. The number of nitrogens with zero attached hydrogens (tertiary/aromatic N) is 1. The molecule has 5 aromatic rings. The summed E-state index contributed by atoms with van der Waals surface area (Å²) in [5.74, 6) is -5.99. The summed E-state index contributed by atoms with van der Waals surface area (Å²) in [6.07, 6.45) is 3.65. The number of rotatable bonds is 29. The average molecular weight is 1020 g/mol. The molecule has 2 unspecified atom stereocenters. The fourth-order valence-corrected chi connectivity index (χ4v) is 7.91. The van der Waals surface area contributed by atoms with Gasteiger partial charge in [-0.15, -0.1) is 0 Å². The molecule has 390 valence electrons. The van der Waals surface area contributed by atoms with E-state index in [4.69, 9.17) is 28.2 Å². The Morgan fingerprint density at radius 1 is 0.730 bits per heavy atom. The number of hydrogen-bond acceptors (Lipinski definition) is 14. The first-order valence-electron chi connectivity index (χ1n) is 24.7. The molecule has 0 bridgehead atoms. The van der Waals surface area contributed by atoms with Crippen LogP contribution in [0.25, 0.3) is 11.3 Å². The normalized spacial score (nSPS) is 14.7. The molecule has 4 amide bonds. The molecule has 3 N–H and O–H groups in total. The van der Waals surface area contributed by atoms with E-state index >= 15 is 0 Å². The number of carbonyl (C=O) groups excluding carboxylic acids is 8. The monoisotopic (exact) mass is 1010 g/mol. The second-order valence-electron chi connectivity index (χ2n) is 17.8. The fraction of sp³-hybridized carbons (Fsp3) is 0.357. The van der Waals surface area contributed by atoms with Gasteiger partial charge in [0.05, 0.1) is 36.5 Å². The summed E-state index contributed by atoms with van der Waals surface area (Å²) in [6, 6.07) is 31.6. The number of furan rings is 1. The maximum absolute atomic E-state index is 14.1. The molecule has 1 heterocycles. The zero-order valence-corrected chi connectivity index (χ0v) is 41.7. The first-order valence-corrected chi connectivity index (χ1v) is 24.7. The molecule has 0 spiro atoms. The second kappa shape index (κ2) is 28.1. The summed E-state index contributed by atoms with van der Waals surface area (Å²) in [5.41, 5.74) is 2.28. The number of esters is 3. The van der Waals surface area contributed by atoms with Crippen molar-refractivity contribution in [2.75, 3.05) is 13.3 Å². The Morgan fingerprint density at radius 2 is 1.34 bits per heavy atom. The van der Waals surface area contributed by atoms with Crippen LogP contribution in [-0.2, 0) is 67.6 Å². The molecule has 1 fully saturated rings. The van der Waals surface area contributed by atoms with Crippen LogP contribution in [0.4, 0.5) is 0 Å². The molecule has 5 atom stereocenters. The smallest absolute Gasteiger partial charge is 0.344 e. The minimum absolute atomic E-state index is 0.0427.